The number of unbranched alkanes of at least 4 members (excludes halogenated alkanes) is 2. The lowest BCUT2D eigenvalue weighted by atomic mass is 10.1. The Morgan fingerprint density at radius 2 is 1.76 bits per heavy atom. The minimum Gasteiger partial charge on any atom is -0.388 e. The highest BCUT2D eigenvalue weighted by Crippen LogP contribution is 2.20. The van der Waals surface area contributed by atoms with Gasteiger partial charge in [-0.25, -0.2) is 0 Å². The number of hydrogen-bond donors (Lipinski definition) is 1. The highest BCUT2D eigenvalue weighted by atomic mass is 16.3. The van der Waals surface area contributed by atoms with E-state index in [9.17, 15) is 5.11 Å². The van der Waals surface area contributed by atoms with E-state index in [2.05, 4.69) is 31.0 Å². The van der Waals surface area contributed by atoms with Crippen LogP contribution in [0, 0.1) is 0 Å². The van der Waals surface area contributed by atoms with Crippen LogP contribution in [0.4, 0.5) is 5.69 Å². The van der Waals surface area contributed by atoms with Crippen LogP contribution in [-0.4, -0.2) is 18.7 Å². The third kappa shape index (κ3) is 4.39. The van der Waals surface area contributed by atoms with Crippen LogP contribution in [0.3, 0.4) is 0 Å². The lowest BCUT2D eigenvalue weighted by Crippen LogP contribution is -2.18. The molecule has 96 valence electrons. The second kappa shape index (κ2) is 7.33. The lowest BCUT2D eigenvalue weighted by Gasteiger charge is -2.20. The van der Waals surface area contributed by atoms with E-state index >= 15 is 0 Å². The van der Waals surface area contributed by atoms with Gasteiger partial charge in [0.15, 0.2) is 0 Å². The van der Waals surface area contributed by atoms with E-state index < -0.39 is 0 Å². The number of anilines is 1. The zero-order chi connectivity index (χ0) is 12.7. The van der Waals surface area contributed by atoms with Gasteiger partial charge in [-0.05, 0) is 30.5 Å². The summed E-state index contributed by atoms with van der Waals surface area (Å²) in [5.41, 5.74) is 2.24. The van der Waals surface area contributed by atoms with Crippen LogP contribution in [0.15, 0.2) is 24.3 Å². The minimum absolute atomic E-state index is 0.325. The van der Waals surface area contributed by atoms with Gasteiger partial charge in [0.25, 0.3) is 0 Å². The van der Waals surface area contributed by atoms with Gasteiger partial charge in [-0.15, -0.1) is 0 Å². The predicted octanol–water partition coefficient (Wildman–Crippen LogP) is 3.76. The van der Waals surface area contributed by atoms with E-state index in [0.29, 0.717) is 0 Å². The molecule has 1 rings (SSSR count). The van der Waals surface area contributed by atoms with Gasteiger partial charge in [-0.2, -0.15) is 0 Å². The van der Waals surface area contributed by atoms with E-state index in [1.54, 1.807) is 0 Å². The van der Waals surface area contributed by atoms with Crippen molar-refractivity contribution in [1.82, 2.24) is 0 Å². The van der Waals surface area contributed by atoms with Crippen LogP contribution in [0.25, 0.3) is 0 Å². The monoisotopic (exact) mass is 235 g/mol. The number of aliphatic hydroxyl groups excluding tert-OH is 1. The Labute approximate surface area is 105 Å². The summed E-state index contributed by atoms with van der Waals surface area (Å²) in [5.74, 6) is 0. The number of hydrogen-bond acceptors (Lipinski definition) is 2. The summed E-state index contributed by atoms with van der Waals surface area (Å²) >= 11 is 0. The number of nitrogens with zero attached hydrogens (tertiary/aromatic N) is 1. The molecule has 0 radical (unpaired) electrons. The first-order valence-electron chi connectivity index (χ1n) is 6.68. The molecule has 0 saturated heterocycles. The normalized spacial score (nSPS) is 12.5. The standard InChI is InChI=1S/C15H25NO/c1-4-6-7-12-16(3)14-10-8-13(9-11-14)15(17)5-2/h8-11,15,17H,4-7,12H2,1-3H3. The summed E-state index contributed by atoms with van der Waals surface area (Å²) in [6.07, 6.45) is 4.24. The maximum atomic E-state index is 9.72. The number of benzene rings is 1. The molecule has 1 unspecified atom stereocenters. The van der Waals surface area contributed by atoms with Crippen molar-refractivity contribution in [2.24, 2.45) is 0 Å². The van der Waals surface area contributed by atoms with Crippen molar-refractivity contribution in [1.29, 1.82) is 0 Å². The Hall–Kier alpha value is -1.02. The van der Waals surface area contributed by atoms with E-state index in [-0.39, 0.29) is 6.10 Å². The van der Waals surface area contributed by atoms with Crippen LogP contribution < -0.4 is 4.90 Å². The van der Waals surface area contributed by atoms with Crippen LogP contribution in [0.1, 0.15) is 51.2 Å². The first-order chi connectivity index (χ1) is 8.19. The molecule has 0 aliphatic carbocycles. The van der Waals surface area contributed by atoms with Crippen molar-refractivity contribution in [2.45, 2.75) is 45.6 Å². The summed E-state index contributed by atoms with van der Waals surface area (Å²) in [6.45, 7) is 5.32. The quantitative estimate of drug-likeness (QED) is 0.727. The Bertz CT molecular complexity index is 307. The molecule has 0 aliphatic rings. The molecule has 0 amide bonds. The molecule has 0 aliphatic heterocycles. The molecule has 2 heteroatoms. The Balaban J connectivity index is 2.54. The average Bonchev–Trinajstić information content (AvgIpc) is 2.38. The second-order valence-electron chi connectivity index (χ2n) is 4.64. The molecule has 0 heterocycles. The molecule has 1 aromatic carbocycles. The molecular weight excluding hydrogens is 210 g/mol. The molecule has 2 nitrogen and oxygen atoms in total. The van der Waals surface area contributed by atoms with E-state index in [1.165, 1.54) is 24.9 Å². The van der Waals surface area contributed by atoms with E-state index in [0.717, 1.165) is 18.5 Å². The Morgan fingerprint density at radius 3 is 2.29 bits per heavy atom. The fourth-order valence-corrected chi connectivity index (χ4v) is 1.91. The third-order valence-corrected chi connectivity index (χ3v) is 3.20. The number of rotatable bonds is 7. The van der Waals surface area contributed by atoms with Gasteiger partial charge in [0.2, 0.25) is 0 Å². The maximum absolute atomic E-state index is 9.72. The van der Waals surface area contributed by atoms with Crippen LogP contribution in [-0.2, 0) is 0 Å². The zero-order valence-corrected chi connectivity index (χ0v) is 11.3. The summed E-state index contributed by atoms with van der Waals surface area (Å²) in [4.78, 5) is 2.28. The summed E-state index contributed by atoms with van der Waals surface area (Å²) in [7, 11) is 2.13. The molecule has 1 aromatic rings. The largest absolute Gasteiger partial charge is 0.388 e. The molecule has 0 aromatic heterocycles. The SMILES string of the molecule is CCCCCN(C)c1ccc(C(O)CC)cc1. The van der Waals surface area contributed by atoms with Crippen LogP contribution in [0.5, 0.6) is 0 Å². The van der Waals surface area contributed by atoms with Gasteiger partial charge in [0.1, 0.15) is 0 Å². The predicted molar refractivity (Wildman–Crippen MR) is 74.5 cm³/mol. The second-order valence-corrected chi connectivity index (χ2v) is 4.64. The molecular formula is C15H25NO. The molecule has 0 spiro atoms. The first-order valence-corrected chi connectivity index (χ1v) is 6.68. The van der Waals surface area contributed by atoms with Gasteiger partial charge >= 0.3 is 0 Å². The van der Waals surface area contributed by atoms with Crippen molar-refractivity contribution >= 4 is 5.69 Å². The molecule has 17 heavy (non-hydrogen) atoms. The third-order valence-electron chi connectivity index (χ3n) is 3.20. The average molecular weight is 235 g/mol. The molecule has 0 bridgehead atoms. The van der Waals surface area contributed by atoms with Crippen molar-refractivity contribution in [3.63, 3.8) is 0 Å². The Kier molecular flexibility index (Phi) is 6.06. The van der Waals surface area contributed by atoms with E-state index in [1.807, 2.05) is 19.1 Å². The smallest absolute Gasteiger partial charge is 0.0787 e. The fraction of sp³-hybridized carbons (Fsp3) is 0.600. The van der Waals surface area contributed by atoms with Crippen molar-refractivity contribution < 1.29 is 5.11 Å². The summed E-state index contributed by atoms with van der Waals surface area (Å²) in [6, 6.07) is 8.25. The molecule has 0 fully saturated rings. The van der Waals surface area contributed by atoms with E-state index in [4.69, 9.17) is 0 Å². The van der Waals surface area contributed by atoms with Gasteiger partial charge in [0.05, 0.1) is 6.10 Å². The van der Waals surface area contributed by atoms with Crippen molar-refractivity contribution in [3.05, 3.63) is 29.8 Å². The fourth-order valence-electron chi connectivity index (χ4n) is 1.91. The van der Waals surface area contributed by atoms with Crippen LogP contribution in [0.2, 0.25) is 0 Å². The highest BCUT2D eigenvalue weighted by Gasteiger charge is 2.05. The molecule has 1 N–H and O–H groups in total. The highest BCUT2D eigenvalue weighted by molar-refractivity contribution is 5.47. The maximum Gasteiger partial charge on any atom is 0.0787 e. The summed E-state index contributed by atoms with van der Waals surface area (Å²) < 4.78 is 0. The van der Waals surface area contributed by atoms with Crippen molar-refractivity contribution in [3.8, 4) is 0 Å². The number of aliphatic hydroxyl groups is 1. The minimum atomic E-state index is -0.325. The topological polar surface area (TPSA) is 23.5 Å². The van der Waals surface area contributed by atoms with Gasteiger partial charge in [-0.3, -0.25) is 0 Å². The van der Waals surface area contributed by atoms with Gasteiger partial charge < -0.3 is 10.0 Å². The van der Waals surface area contributed by atoms with Crippen molar-refractivity contribution in [2.75, 3.05) is 18.5 Å². The first kappa shape index (κ1) is 14.0. The molecule has 1 atom stereocenters. The van der Waals surface area contributed by atoms with Crippen LogP contribution >= 0.6 is 0 Å². The Morgan fingerprint density at radius 1 is 1.12 bits per heavy atom. The molecule has 0 saturated carbocycles. The van der Waals surface area contributed by atoms with Gasteiger partial charge in [0, 0.05) is 19.3 Å². The zero-order valence-electron chi connectivity index (χ0n) is 11.3. The van der Waals surface area contributed by atoms with Gasteiger partial charge in [-0.1, -0.05) is 38.8 Å². The summed E-state index contributed by atoms with van der Waals surface area (Å²) in [5, 5.41) is 9.72. The lowest BCUT2D eigenvalue weighted by molar-refractivity contribution is 0.173.